The van der Waals surface area contributed by atoms with E-state index in [1.165, 1.54) is 0 Å². The number of nitrogens with one attached hydrogen (secondary N) is 1. The third kappa shape index (κ3) is 8.29. The smallest absolute Gasteiger partial charge is 0.147 e. The number of fused-ring (bicyclic) bond motifs is 4. The maximum absolute atomic E-state index is 9.07. The van der Waals surface area contributed by atoms with Crippen molar-refractivity contribution in [1.82, 2.24) is 39.5 Å². The number of nitrogens with zero attached hydrogens (tertiary/aromatic N) is 13. The van der Waals surface area contributed by atoms with Crippen LogP contribution in [0.25, 0.3) is 22.1 Å². The Morgan fingerprint density at radius 2 is 1.27 bits per heavy atom. The molecule has 6 aromatic heterocycles. The summed E-state index contributed by atoms with van der Waals surface area (Å²) in [7, 11) is -1.10. The van der Waals surface area contributed by atoms with Gasteiger partial charge in [-0.15, -0.1) is 0 Å². The Hall–Kier alpha value is -6.10. The van der Waals surface area contributed by atoms with Crippen molar-refractivity contribution < 1.29 is 4.74 Å². The predicted molar refractivity (Wildman–Crippen MR) is 245 cm³/mol. The summed E-state index contributed by atoms with van der Waals surface area (Å²) in [5, 5.41) is 20.2. The molecule has 0 aliphatic carbocycles. The van der Waals surface area contributed by atoms with Gasteiger partial charge in [-0.1, -0.05) is 33.5 Å². The first-order valence-corrected chi connectivity index (χ1v) is 25.5. The van der Waals surface area contributed by atoms with Crippen molar-refractivity contribution in [2.75, 3.05) is 78.6 Å². The number of nitriles is 2. The Labute approximate surface area is 364 Å². The zero-order valence-corrected chi connectivity index (χ0v) is 37.5. The monoisotopic (exact) mass is 848 g/mol. The van der Waals surface area contributed by atoms with Gasteiger partial charge in [0, 0.05) is 103 Å². The summed E-state index contributed by atoms with van der Waals surface area (Å²) in [5.41, 5.74) is 3.36. The summed E-state index contributed by atoms with van der Waals surface area (Å²) in [6.45, 7) is 21.1. The molecule has 16 heteroatoms. The van der Waals surface area contributed by atoms with E-state index in [0.717, 1.165) is 123 Å². The molecule has 0 unspecified atom stereocenters. The van der Waals surface area contributed by atoms with E-state index in [2.05, 4.69) is 118 Å². The molecule has 4 atom stereocenters. The highest BCUT2D eigenvalue weighted by molar-refractivity contribution is 6.76. The van der Waals surface area contributed by atoms with Crippen LogP contribution >= 0.6 is 0 Å². The second-order valence-corrected chi connectivity index (χ2v) is 25.0. The molecule has 0 spiro atoms. The van der Waals surface area contributed by atoms with Crippen LogP contribution in [0, 0.1) is 45.3 Å². The molecule has 10 rings (SSSR count). The maximum Gasteiger partial charge on any atom is 0.147 e. The van der Waals surface area contributed by atoms with Gasteiger partial charge in [-0.05, 0) is 67.1 Å². The summed E-state index contributed by atoms with van der Waals surface area (Å²) in [5.74, 6) is 5.21. The molecule has 6 aromatic rings. The van der Waals surface area contributed by atoms with Gasteiger partial charge in [0.1, 0.15) is 66.1 Å². The summed E-state index contributed by atoms with van der Waals surface area (Å²) in [6.07, 6.45) is 12.9. The Bertz CT molecular complexity index is 2610. The van der Waals surface area contributed by atoms with Gasteiger partial charge in [0.2, 0.25) is 0 Å². The Balaban J connectivity index is 0.000000163. The number of hydrogen-bond donors (Lipinski definition) is 1. The highest BCUT2D eigenvalue weighted by atomic mass is 28.3. The zero-order chi connectivity index (χ0) is 43.1. The lowest BCUT2D eigenvalue weighted by molar-refractivity contribution is 0.0899. The molecule has 4 saturated heterocycles. The minimum atomic E-state index is -1.10. The zero-order valence-electron chi connectivity index (χ0n) is 36.5. The van der Waals surface area contributed by atoms with E-state index in [1.54, 1.807) is 25.0 Å². The highest BCUT2D eigenvalue weighted by Crippen LogP contribution is 2.46. The van der Waals surface area contributed by atoms with Crippen molar-refractivity contribution in [1.29, 1.82) is 10.5 Å². The molecule has 0 aromatic carbocycles. The van der Waals surface area contributed by atoms with Gasteiger partial charge in [-0.2, -0.15) is 10.5 Å². The molecule has 320 valence electrons. The van der Waals surface area contributed by atoms with Gasteiger partial charge < -0.3 is 33.9 Å². The Kier molecular flexibility index (Phi) is 11.1. The molecule has 0 bridgehead atoms. The van der Waals surface area contributed by atoms with E-state index in [-0.39, 0.29) is 10.8 Å². The van der Waals surface area contributed by atoms with Gasteiger partial charge in [-0.3, -0.25) is 0 Å². The third-order valence-corrected chi connectivity index (χ3v) is 15.4. The molecule has 10 heterocycles. The fraction of sp³-hybridized carbons (Fsp3) is 0.478. The van der Waals surface area contributed by atoms with E-state index >= 15 is 0 Å². The summed E-state index contributed by atoms with van der Waals surface area (Å²) in [6, 6.07) is 17.3. The number of hydrogen-bond acceptors (Lipinski definition) is 13. The quantitative estimate of drug-likeness (QED) is 0.118. The molecule has 1 N–H and O–H groups in total. The lowest BCUT2D eigenvalue weighted by Crippen LogP contribution is -2.47. The summed E-state index contributed by atoms with van der Waals surface area (Å²) >= 11 is 0. The number of aromatic amines is 1. The molecule has 4 aliphatic rings. The van der Waals surface area contributed by atoms with Crippen molar-refractivity contribution in [3.63, 3.8) is 0 Å². The van der Waals surface area contributed by atoms with Gasteiger partial charge in [0.15, 0.2) is 0 Å². The van der Waals surface area contributed by atoms with Crippen LogP contribution in [0.15, 0.2) is 73.8 Å². The van der Waals surface area contributed by atoms with E-state index in [9.17, 15) is 0 Å². The predicted octanol–water partition coefficient (Wildman–Crippen LogP) is 6.94. The van der Waals surface area contributed by atoms with Crippen LogP contribution < -0.4 is 19.6 Å². The summed E-state index contributed by atoms with van der Waals surface area (Å²) < 4.78 is 8.07. The fourth-order valence-corrected chi connectivity index (χ4v) is 10.9. The maximum atomic E-state index is 9.07. The lowest BCUT2D eigenvalue weighted by atomic mass is 9.75. The van der Waals surface area contributed by atoms with Gasteiger partial charge >= 0.3 is 0 Å². The largest absolute Gasteiger partial charge is 0.361 e. The number of ether oxygens (including phenoxy) is 1. The van der Waals surface area contributed by atoms with Crippen molar-refractivity contribution in [3.05, 3.63) is 85.0 Å². The van der Waals surface area contributed by atoms with Crippen molar-refractivity contribution in [3.8, 4) is 12.1 Å². The van der Waals surface area contributed by atoms with Crippen LogP contribution in [0.2, 0.25) is 25.7 Å². The summed E-state index contributed by atoms with van der Waals surface area (Å²) in [4.78, 5) is 40.0. The lowest BCUT2D eigenvalue weighted by Gasteiger charge is -2.42. The molecule has 0 saturated carbocycles. The number of pyridine rings is 2. The molecule has 4 fully saturated rings. The Morgan fingerprint density at radius 3 is 1.82 bits per heavy atom. The van der Waals surface area contributed by atoms with Crippen LogP contribution in [0.1, 0.15) is 37.8 Å². The normalized spacial score (nSPS) is 23.5. The first kappa shape index (κ1) is 41.3. The van der Waals surface area contributed by atoms with Crippen LogP contribution in [-0.2, 0) is 11.5 Å². The molecular weight excluding hydrogens is 793 g/mol. The van der Waals surface area contributed by atoms with Crippen molar-refractivity contribution in [2.45, 2.75) is 59.1 Å². The van der Waals surface area contributed by atoms with Crippen LogP contribution in [0.3, 0.4) is 0 Å². The average Bonchev–Trinajstić information content (AvgIpc) is 4.08. The van der Waals surface area contributed by atoms with E-state index < -0.39 is 8.07 Å². The number of aromatic nitrogens is 8. The first-order chi connectivity index (χ1) is 29.9. The highest BCUT2D eigenvalue weighted by Gasteiger charge is 2.48. The minimum absolute atomic E-state index is 0.146. The van der Waals surface area contributed by atoms with Crippen LogP contribution in [-0.4, -0.2) is 106 Å². The van der Waals surface area contributed by atoms with Crippen molar-refractivity contribution in [2.24, 2.45) is 22.7 Å². The van der Waals surface area contributed by atoms with Gasteiger partial charge in [-0.25, -0.2) is 29.9 Å². The van der Waals surface area contributed by atoms with Gasteiger partial charge in [0.05, 0.1) is 21.9 Å². The average molecular weight is 849 g/mol. The number of piperidine rings is 2. The standard InChI is InChI=1S/C26H35N7OSi.C20H21N7/c1-26-16-31(9-7-21(26)15-33(17-26)23-6-5-20(13-27)14-28-23)24-22-8-10-32(25(22)30-18-29-24)19-34-11-12-35(2,3)4;1-20-11-26(19-16-4-6-22-18(16)24-13-25-19)7-5-15(20)10-27(12-20)17-3-2-14(8-21)9-23-17/h5-6,8,10,14,18,21H,7,9,11-12,15-17,19H2,1-4H3;2-4,6,9,13,15H,5,7,10-12H2,1H3,(H,22,24,25)/t21-,26+;15-,20+/m11/s1. The molecule has 62 heavy (non-hydrogen) atoms. The number of rotatable bonds is 9. The molecule has 4 aliphatic heterocycles. The molecule has 0 amide bonds. The number of H-pyrrole nitrogens is 1. The SMILES string of the molecule is C[C@]12CN(c3ccc(C#N)cn3)C[C@H]1CCN(c1ncnc3[nH]ccc13)C2.C[C@]12CN(c3ccc(C#N)cn3)C[C@H]1CCN(c1ncnc3c1ccn3COCC[Si](C)(C)C)C2. The Morgan fingerprint density at radius 1 is 0.710 bits per heavy atom. The first-order valence-electron chi connectivity index (χ1n) is 21.8. The van der Waals surface area contributed by atoms with E-state index in [4.69, 9.17) is 20.2 Å². The molecular formula is C46H56N14OSi. The number of anilines is 4. The second kappa shape index (κ2) is 16.6. The van der Waals surface area contributed by atoms with E-state index in [1.807, 2.05) is 30.5 Å². The van der Waals surface area contributed by atoms with Crippen LogP contribution in [0.5, 0.6) is 0 Å². The second-order valence-electron chi connectivity index (χ2n) is 19.4. The van der Waals surface area contributed by atoms with Crippen LogP contribution in [0.4, 0.5) is 23.3 Å². The fourth-order valence-electron chi connectivity index (χ4n) is 10.1. The molecule has 15 nitrogen and oxygen atoms in total. The third-order valence-electron chi connectivity index (χ3n) is 13.7. The molecule has 0 radical (unpaired) electrons. The minimum Gasteiger partial charge on any atom is -0.361 e. The van der Waals surface area contributed by atoms with E-state index in [0.29, 0.717) is 29.7 Å². The topological polar surface area (TPSA) is 168 Å². The van der Waals surface area contributed by atoms with Crippen molar-refractivity contribution >= 4 is 53.4 Å². The van der Waals surface area contributed by atoms with Gasteiger partial charge in [0.25, 0.3) is 0 Å².